The van der Waals surface area contributed by atoms with Crippen molar-refractivity contribution >= 4 is 29.0 Å². The van der Waals surface area contributed by atoms with E-state index in [1.807, 2.05) is 23.9 Å². The first-order valence-electron chi connectivity index (χ1n) is 5.45. The van der Waals surface area contributed by atoms with Crippen molar-refractivity contribution in [1.82, 2.24) is 0 Å². The molecule has 88 valence electrons. The fourth-order valence-corrected chi connectivity index (χ4v) is 2.02. The van der Waals surface area contributed by atoms with Gasteiger partial charge in [-0.2, -0.15) is 11.8 Å². The molecule has 16 heavy (non-hydrogen) atoms. The molecule has 0 bridgehead atoms. The number of hydrogen-bond acceptors (Lipinski definition) is 3. The van der Waals surface area contributed by atoms with E-state index in [9.17, 15) is 4.79 Å². The topological polar surface area (TPSA) is 55.1 Å². The van der Waals surface area contributed by atoms with E-state index in [1.165, 1.54) is 0 Å². The normalized spacial score (nSPS) is 10.1. The molecule has 0 saturated carbocycles. The second-order valence-corrected chi connectivity index (χ2v) is 4.76. The van der Waals surface area contributed by atoms with E-state index < -0.39 is 0 Å². The molecule has 0 unspecified atom stereocenters. The monoisotopic (exact) mass is 238 g/mol. The Morgan fingerprint density at radius 3 is 2.62 bits per heavy atom. The number of nitrogen functional groups attached to an aromatic ring is 1. The van der Waals surface area contributed by atoms with Crippen molar-refractivity contribution in [3.05, 3.63) is 24.3 Å². The molecule has 1 aromatic carbocycles. The van der Waals surface area contributed by atoms with Gasteiger partial charge in [-0.25, -0.2) is 0 Å². The van der Waals surface area contributed by atoms with Crippen LogP contribution in [0.3, 0.4) is 0 Å². The predicted octanol–water partition coefficient (Wildman–Crippen LogP) is 2.74. The van der Waals surface area contributed by atoms with E-state index in [0.717, 1.165) is 23.6 Å². The summed E-state index contributed by atoms with van der Waals surface area (Å²) >= 11 is 1.81. The summed E-state index contributed by atoms with van der Waals surface area (Å²) in [5.41, 5.74) is 7.07. The van der Waals surface area contributed by atoms with E-state index in [4.69, 9.17) is 5.73 Å². The van der Waals surface area contributed by atoms with E-state index in [2.05, 4.69) is 12.2 Å². The Kier molecular flexibility index (Phi) is 5.78. The van der Waals surface area contributed by atoms with Gasteiger partial charge >= 0.3 is 0 Å². The lowest BCUT2D eigenvalue weighted by Crippen LogP contribution is -2.12. The van der Waals surface area contributed by atoms with Crippen molar-refractivity contribution < 1.29 is 4.79 Å². The third-order valence-electron chi connectivity index (χ3n) is 2.02. The molecule has 0 heterocycles. The first kappa shape index (κ1) is 12.9. The minimum Gasteiger partial charge on any atom is -0.399 e. The van der Waals surface area contributed by atoms with Crippen LogP contribution < -0.4 is 11.1 Å². The molecular weight excluding hydrogens is 220 g/mol. The van der Waals surface area contributed by atoms with Crippen molar-refractivity contribution in [3.8, 4) is 0 Å². The summed E-state index contributed by atoms with van der Waals surface area (Å²) in [6.07, 6.45) is 1.72. The molecule has 0 fully saturated rings. The number of rotatable bonds is 6. The Labute approximate surface area is 101 Å². The number of carbonyl (C=O) groups excluding carboxylic acids is 1. The molecule has 0 aliphatic carbocycles. The molecule has 0 aliphatic rings. The van der Waals surface area contributed by atoms with Gasteiger partial charge in [0, 0.05) is 23.5 Å². The molecule has 0 spiro atoms. The lowest BCUT2D eigenvalue weighted by molar-refractivity contribution is -0.115. The summed E-state index contributed by atoms with van der Waals surface area (Å²) in [4.78, 5) is 11.5. The van der Waals surface area contributed by atoms with Gasteiger partial charge in [0.25, 0.3) is 0 Å². The minimum absolute atomic E-state index is 0.0633. The number of nitrogens with one attached hydrogen (secondary N) is 1. The maximum absolute atomic E-state index is 11.5. The molecule has 0 atom stereocenters. The van der Waals surface area contributed by atoms with E-state index in [1.54, 1.807) is 12.1 Å². The van der Waals surface area contributed by atoms with Crippen molar-refractivity contribution in [2.24, 2.45) is 0 Å². The maximum atomic E-state index is 11.5. The molecule has 0 saturated heterocycles. The Morgan fingerprint density at radius 2 is 2.00 bits per heavy atom. The van der Waals surface area contributed by atoms with Crippen LogP contribution in [0.25, 0.3) is 0 Å². The molecule has 0 aromatic heterocycles. The molecular formula is C12H18N2OS. The first-order valence-corrected chi connectivity index (χ1v) is 6.61. The van der Waals surface area contributed by atoms with Crippen LogP contribution in [0.1, 0.15) is 19.8 Å². The number of benzene rings is 1. The molecule has 3 N–H and O–H groups in total. The largest absolute Gasteiger partial charge is 0.399 e. The van der Waals surface area contributed by atoms with Crippen LogP contribution in [0.15, 0.2) is 24.3 Å². The van der Waals surface area contributed by atoms with Gasteiger partial charge in [-0.05, 0) is 36.4 Å². The van der Waals surface area contributed by atoms with E-state index in [0.29, 0.717) is 12.1 Å². The number of anilines is 2. The average Bonchev–Trinajstić information content (AvgIpc) is 2.28. The molecule has 0 radical (unpaired) electrons. The smallest absolute Gasteiger partial charge is 0.225 e. The number of amides is 1. The molecule has 4 heteroatoms. The molecule has 1 aromatic rings. The lowest BCUT2D eigenvalue weighted by Gasteiger charge is -2.05. The summed E-state index contributed by atoms with van der Waals surface area (Å²) in [5.74, 6) is 2.07. The van der Waals surface area contributed by atoms with E-state index in [-0.39, 0.29) is 5.91 Å². The van der Waals surface area contributed by atoms with Gasteiger partial charge in [0.1, 0.15) is 0 Å². The van der Waals surface area contributed by atoms with Gasteiger partial charge in [0.2, 0.25) is 5.91 Å². The van der Waals surface area contributed by atoms with Crippen LogP contribution in [-0.2, 0) is 4.79 Å². The van der Waals surface area contributed by atoms with Crippen molar-refractivity contribution in [1.29, 1.82) is 0 Å². The van der Waals surface area contributed by atoms with Gasteiger partial charge in [0.05, 0.1) is 0 Å². The minimum atomic E-state index is 0.0633. The van der Waals surface area contributed by atoms with Crippen LogP contribution in [0, 0.1) is 0 Å². The second kappa shape index (κ2) is 7.17. The fourth-order valence-electron chi connectivity index (χ4n) is 1.20. The zero-order valence-electron chi connectivity index (χ0n) is 9.53. The summed E-state index contributed by atoms with van der Waals surface area (Å²) < 4.78 is 0. The summed E-state index contributed by atoms with van der Waals surface area (Å²) in [6, 6.07) is 7.18. The predicted molar refractivity (Wildman–Crippen MR) is 71.7 cm³/mol. The first-order chi connectivity index (χ1) is 7.72. The molecule has 1 rings (SSSR count). The Balaban J connectivity index is 2.26. The van der Waals surface area contributed by atoms with Crippen molar-refractivity contribution in [2.75, 3.05) is 22.6 Å². The highest BCUT2D eigenvalue weighted by atomic mass is 32.2. The summed E-state index contributed by atoms with van der Waals surface area (Å²) in [5, 5.41) is 2.84. The van der Waals surface area contributed by atoms with Crippen LogP contribution in [0.2, 0.25) is 0 Å². The van der Waals surface area contributed by atoms with Gasteiger partial charge in [-0.3, -0.25) is 4.79 Å². The zero-order valence-corrected chi connectivity index (χ0v) is 10.3. The number of nitrogens with two attached hydrogens (primary N) is 1. The van der Waals surface area contributed by atoms with Crippen molar-refractivity contribution in [3.63, 3.8) is 0 Å². The second-order valence-electron chi connectivity index (χ2n) is 3.53. The number of carbonyl (C=O) groups is 1. The van der Waals surface area contributed by atoms with Crippen LogP contribution >= 0.6 is 11.8 Å². The molecule has 1 amide bonds. The van der Waals surface area contributed by atoms with Crippen molar-refractivity contribution in [2.45, 2.75) is 19.8 Å². The molecule has 0 aliphatic heterocycles. The van der Waals surface area contributed by atoms with Gasteiger partial charge < -0.3 is 11.1 Å². The SMILES string of the molecule is CCCSCCC(=O)Nc1ccc(N)cc1. The highest BCUT2D eigenvalue weighted by molar-refractivity contribution is 7.99. The van der Waals surface area contributed by atoms with Crippen LogP contribution in [0.5, 0.6) is 0 Å². The fraction of sp³-hybridized carbons (Fsp3) is 0.417. The summed E-state index contributed by atoms with van der Waals surface area (Å²) in [7, 11) is 0. The van der Waals surface area contributed by atoms with Gasteiger partial charge in [-0.1, -0.05) is 6.92 Å². The third-order valence-corrected chi connectivity index (χ3v) is 3.21. The zero-order chi connectivity index (χ0) is 11.8. The third kappa shape index (κ3) is 5.07. The quantitative estimate of drug-likeness (QED) is 0.592. The van der Waals surface area contributed by atoms with Crippen LogP contribution in [-0.4, -0.2) is 17.4 Å². The van der Waals surface area contributed by atoms with Crippen LogP contribution in [0.4, 0.5) is 11.4 Å². The Morgan fingerprint density at radius 1 is 1.31 bits per heavy atom. The average molecular weight is 238 g/mol. The molecule has 3 nitrogen and oxygen atoms in total. The standard InChI is InChI=1S/C12H18N2OS/c1-2-8-16-9-7-12(15)14-11-5-3-10(13)4-6-11/h3-6H,2,7-9,13H2,1H3,(H,14,15). The van der Waals surface area contributed by atoms with E-state index >= 15 is 0 Å². The lowest BCUT2D eigenvalue weighted by atomic mass is 10.3. The highest BCUT2D eigenvalue weighted by Gasteiger charge is 2.01. The summed E-state index contributed by atoms with van der Waals surface area (Å²) in [6.45, 7) is 2.14. The highest BCUT2D eigenvalue weighted by Crippen LogP contribution is 2.11. The maximum Gasteiger partial charge on any atom is 0.225 e. The Hall–Kier alpha value is -1.16. The number of thioether (sulfide) groups is 1. The number of hydrogen-bond donors (Lipinski definition) is 2. The Bertz CT molecular complexity index is 324. The van der Waals surface area contributed by atoms with Gasteiger partial charge in [-0.15, -0.1) is 0 Å². The van der Waals surface area contributed by atoms with Gasteiger partial charge in [0.15, 0.2) is 0 Å².